The first-order valence-corrected chi connectivity index (χ1v) is 8.76. The van der Waals surface area contributed by atoms with Gasteiger partial charge in [-0.25, -0.2) is 13.8 Å². The van der Waals surface area contributed by atoms with Crippen LogP contribution in [0.3, 0.4) is 0 Å². The normalized spacial score (nSPS) is 10.1. The Hall–Kier alpha value is -4.03. The lowest BCUT2D eigenvalue weighted by Crippen LogP contribution is -2.10. The van der Waals surface area contributed by atoms with Gasteiger partial charge in [0.1, 0.15) is 22.7 Å². The van der Waals surface area contributed by atoms with Gasteiger partial charge in [0.25, 0.3) is 0 Å². The first-order valence-electron chi connectivity index (χ1n) is 8.39. The van der Waals surface area contributed by atoms with Gasteiger partial charge in [-0.3, -0.25) is 4.79 Å². The average molecular weight is 427 g/mol. The van der Waals surface area contributed by atoms with Crippen molar-refractivity contribution in [3.63, 3.8) is 0 Å². The highest BCUT2D eigenvalue weighted by Gasteiger charge is 2.12. The third kappa shape index (κ3) is 4.87. The Morgan fingerprint density at radius 3 is 2.50 bits per heavy atom. The largest absolute Gasteiger partial charge is 0.337 e. The summed E-state index contributed by atoms with van der Waals surface area (Å²) in [6.45, 7) is 3.36. The molecule has 150 valence electrons. The topological polar surface area (TPSA) is 103 Å². The maximum atomic E-state index is 13.6. The number of carbonyl (C=O) groups is 1. The van der Waals surface area contributed by atoms with Gasteiger partial charge < -0.3 is 16.0 Å². The standard InChI is InChI=1S/C20H13ClF2N6O/c1-2-18(30)26-17-8-13(23)4-6-16(17)27-19-14(21)10-25-20(29-19)28-15-5-3-12(22)7-11(15)9-24/h2-8,10H,1H2,(H,26,30)(H2,25,27,28,29). The van der Waals surface area contributed by atoms with Gasteiger partial charge in [0, 0.05) is 0 Å². The van der Waals surface area contributed by atoms with Crippen molar-refractivity contribution in [3.8, 4) is 6.07 Å². The second-order valence-electron chi connectivity index (χ2n) is 5.83. The number of nitriles is 1. The molecule has 10 heteroatoms. The van der Waals surface area contributed by atoms with Crippen molar-refractivity contribution < 1.29 is 13.6 Å². The summed E-state index contributed by atoms with van der Waals surface area (Å²) in [6.07, 6.45) is 2.35. The molecule has 0 aliphatic rings. The van der Waals surface area contributed by atoms with Crippen molar-refractivity contribution in [3.05, 3.63) is 77.5 Å². The van der Waals surface area contributed by atoms with E-state index in [1.807, 2.05) is 6.07 Å². The second-order valence-corrected chi connectivity index (χ2v) is 6.23. The third-order valence-electron chi connectivity index (χ3n) is 3.77. The number of hydrogen-bond acceptors (Lipinski definition) is 6. The summed E-state index contributed by atoms with van der Waals surface area (Å²) < 4.78 is 26.9. The van der Waals surface area contributed by atoms with Gasteiger partial charge in [0.2, 0.25) is 11.9 Å². The molecule has 1 heterocycles. The van der Waals surface area contributed by atoms with Crippen molar-refractivity contribution in [1.29, 1.82) is 5.26 Å². The number of hydrogen-bond donors (Lipinski definition) is 3. The molecule has 7 nitrogen and oxygen atoms in total. The zero-order valence-electron chi connectivity index (χ0n) is 15.2. The van der Waals surface area contributed by atoms with Crippen molar-refractivity contribution in [2.45, 2.75) is 0 Å². The Kier molecular flexibility index (Phi) is 6.20. The molecule has 0 radical (unpaired) electrons. The molecule has 0 saturated heterocycles. The minimum atomic E-state index is -0.559. The molecular weight excluding hydrogens is 414 g/mol. The van der Waals surface area contributed by atoms with Crippen LogP contribution in [0, 0.1) is 23.0 Å². The van der Waals surface area contributed by atoms with Gasteiger partial charge in [0.05, 0.1) is 28.8 Å². The van der Waals surface area contributed by atoms with Crippen LogP contribution >= 0.6 is 11.6 Å². The molecule has 0 aliphatic heterocycles. The van der Waals surface area contributed by atoms with Crippen LogP contribution in [0.5, 0.6) is 0 Å². The lowest BCUT2D eigenvalue weighted by Gasteiger charge is -2.14. The quantitative estimate of drug-likeness (QED) is 0.485. The Bertz CT molecular complexity index is 1180. The average Bonchev–Trinajstić information content (AvgIpc) is 2.73. The molecule has 1 aromatic heterocycles. The predicted molar refractivity (Wildman–Crippen MR) is 110 cm³/mol. The summed E-state index contributed by atoms with van der Waals surface area (Å²) in [4.78, 5) is 19.9. The van der Waals surface area contributed by atoms with Crippen molar-refractivity contribution in [1.82, 2.24) is 9.97 Å². The number of rotatable bonds is 6. The van der Waals surface area contributed by atoms with Crippen molar-refractivity contribution >= 4 is 46.3 Å². The number of anilines is 5. The number of amides is 1. The van der Waals surface area contributed by atoms with E-state index in [-0.39, 0.29) is 28.0 Å². The zero-order chi connectivity index (χ0) is 21.7. The molecule has 30 heavy (non-hydrogen) atoms. The van der Waals surface area contributed by atoms with Gasteiger partial charge in [-0.05, 0) is 42.5 Å². The first kappa shape index (κ1) is 20.7. The monoisotopic (exact) mass is 426 g/mol. The minimum Gasteiger partial charge on any atom is -0.337 e. The third-order valence-corrected chi connectivity index (χ3v) is 4.05. The van der Waals surface area contributed by atoms with Gasteiger partial charge in [-0.2, -0.15) is 10.2 Å². The second kappa shape index (κ2) is 8.98. The van der Waals surface area contributed by atoms with Crippen LogP contribution in [-0.2, 0) is 4.79 Å². The van der Waals surface area contributed by atoms with Crippen LogP contribution in [0.15, 0.2) is 55.3 Å². The van der Waals surface area contributed by atoms with Crippen molar-refractivity contribution in [2.75, 3.05) is 16.0 Å². The SMILES string of the molecule is C=CC(=O)Nc1cc(F)ccc1Nc1nc(Nc2ccc(F)cc2C#N)ncc1Cl. The Balaban J connectivity index is 1.91. The highest BCUT2D eigenvalue weighted by Crippen LogP contribution is 2.30. The summed E-state index contributed by atoms with van der Waals surface area (Å²) in [5.74, 6) is -1.42. The maximum absolute atomic E-state index is 13.6. The lowest BCUT2D eigenvalue weighted by molar-refractivity contribution is -0.111. The number of benzene rings is 2. The summed E-state index contributed by atoms with van der Waals surface area (Å²) in [7, 11) is 0. The fraction of sp³-hybridized carbons (Fsp3) is 0. The first-order chi connectivity index (χ1) is 14.4. The van der Waals surface area contributed by atoms with Gasteiger partial charge >= 0.3 is 0 Å². The van der Waals surface area contributed by atoms with E-state index < -0.39 is 17.5 Å². The van der Waals surface area contributed by atoms with E-state index in [0.717, 1.165) is 18.2 Å². The molecule has 0 atom stereocenters. The molecule has 0 fully saturated rings. The lowest BCUT2D eigenvalue weighted by atomic mass is 10.2. The van der Waals surface area contributed by atoms with E-state index in [2.05, 4.69) is 32.5 Å². The van der Waals surface area contributed by atoms with E-state index in [9.17, 15) is 13.6 Å². The highest BCUT2D eigenvalue weighted by atomic mass is 35.5. The maximum Gasteiger partial charge on any atom is 0.247 e. The summed E-state index contributed by atoms with van der Waals surface area (Å²) in [6, 6.07) is 9.22. The van der Waals surface area contributed by atoms with Crippen LogP contribution in [-0.4, -0.2) is 15.9 Å². The molecule has 0 bridgehead atoms. The van der Waals surface area contributed by atoms with Gasteiger partial charge in [-0.1, -0.05) is 18.2 Å². The van der Waals surface area contributed by atoms with E-state index >= 15 is 0 Å². The Morgan fingerprint density at radius 2 is 1.80 bits per heavy atom. The number of halogens is 3. The molecule has 2 aromatic carbocycles. The Labute approximate surface area is 175 Å². The fourth-order valence-electron chi connectivity index (χ4n) is 2.39. The minimum absolute atomic E-state index is 0.0658. The number of nitrogens with zero attached hydrogens (tertiary/aromatic N) is 3. The van der Waals surface area contributed by atoms with Crippen molar-refractivity contribution in [2.24, 2.45) is 0 Å². The highest BCUT2D eigenvalue weighted by molar-refractivity contribution is 6.33. The molecule has 0 aliphatic carbocycles. The van der Waals surface area contributed by atoms with Crippen LogP contribution in [0.2, 0.25) is 5.02 Å². The van der Waals surface area contributed by atoms with Crippen LogP contribution in [0.4, 0.5) is 37.6 Å². The van der Waals surface area contributed by atoms with E-state index in [1.165, 1.54) is 30.5 Å². The molecule has 3 rings (SSSR count). The molecule has 3 aromatic rings. The number of aromatic nitrogens is 2. The smallest absolute Gasteiger partial charge is 0.247 e. The molecule has 0 spiro atoms. The molecule has 1 amide bonds. The summed E-state index contributed by atoms with van der Waals surface area (Å²) >= 11 is 6.15. The van der Waals surface area contributed by atoms with Crippen LogP contribution in [0.25, 0.3) is 0 Å². The molecular formula is C20H13ClF2N6O. The summed E-state index contributed by atoms with van der Waals surface area (Å²) in [5, 5.41) is 17.5. The fourth-order valence-corrected chi connectivity index (χ4v) is 2.53. The van der Waals surface area contributed by atoms with E-state index in [4.69, 9.17) is 16.9 Å². The van der Waals surface area contributed by atoms with Gasteiger partial charge in [0.15, 0.2) is 5.82 Å². The number of carbonyl (C=O) groups excluding carboxylic acids is 1. The van der Waals surface area contributed by atoms with Crippen LogP contribution < -0.4 is 16.0 Å². The van der Waals surface area contributed by atoms with E-state index in [0.29, 0.717) is 11.4 Å². The summed E-state index contributed by atoms with van der Waals surface area (Å²) in [5.41, 5.74) is 0.830. The number of nitrogens with one attached hydrogen (secondary N) is 3. The molecule has 0 unspecified atom stereocenters. The predicted octanol–water partition coefficient (Wildman–Crippen LogP) is 4.89. The van der Waals surface area contributed by atoms with Crippen LogP contribution in [0.1, 0.15) is 5.56 Å². The van der Waals surface area contributed by atoms with Gasteiger partial charge in [-0.15, -0.1) is 0 Å². The Morgan fingerprint density at radius 1 is 1.10 bits per heavy atom. The zero-order valence-corrected chi connectivity index (χ0v) is 16.0. The molecule has 0 saturated carbocycles. The molecule has 3 N–H and O–H groups in total. The van der Waals surface area contributed by atoms with E-state index in [1.54, 1.807) is 0 Å².